The van der Waals surface area contributed by atoms with E-state index in [1.54, 1.807) is 6.92 Å². The summed E-state index contributed by atoms with van der Waals surface area (Å²) < 4.78 is 0. The number of aromatic nitrogens is 2. The van der Waals surface area contributed by atoms with Crippen LogP contribution in [-0.4, -0.2) is 33.2 Å². The summed E-state index contributed by atoms with van der Waals surface area (Å²) >= 11 is 0. The number of carboxylic acid groups (broad SMARTS) is 1. The third-order valence-corrected chi connectivity index (χ3v) is 1.93. The molecule has 1 rings (SSSR count). The molecule has 1 unspecified atom stereocenters. The highest BCUT2D eigenvalue weighted by atomic mass is 16.4. The number of hydrogen-bond donors (Lipinski definition) is 4. The van der Waals surface area contributed by atoms with Gasteiger partial charge in [-0.1, -0.05) is 6.92 Å². The van der Waals surface area contributed by atoms with Gasteiger partial charge in [0.2, 0.25) is 0 Å². The van der Waals surface area contributed by atoms with Crippen LogP contribution in [0.5, 0.6) is 0 Å². The highest BCUT2D eigenvalue weighted by molar-refractivity contribution is 5.99. The van der Waals surface area contributed by atoms with Crippen molar-refractivity contribution in [2.24, 2.45) is 0 Å². The van der Waals surface area contributed by atoms with E-state index in [2.05, 4.69) is 15.5 Å². The van der Waals surface area contributed by atoms with Crippen molar-refractivity contribution in [2.45, 2.75) is 19.4 Å². The minimum atomic E-state index is -1.08. The Labute approximate surface area is 85.7 Å². The third-order valence-electron chi connectivity index (χ3n) is 1.93. The summed E-state index contributed by atoms with van der Waals surface area (Å²) in [5.74, 6) is -1.50. The molecule has 0 aromatic carbocycles. The van der Waals surface area contributed by atoms with Gasteiger partial charge >= 0.3 is 5.97 Å². The van der Waals surface area contributed by atoms with Crippen LogP contribution in [0.2, 0.25) is 0 Å². The van der Waals surface area contributed by atoms with Gasteiger partial charge in [0.15, 0.2) is 0 Å². The highest BCUT2D eigenvalue weighted by Crippen LogP contribution is 2.06. The molecule has 1 amide bonds. The Hall–Kier alpha value is -2.05. The van der Waals surface area contributed by atoms with Gasteiger partial charge in [-0.15, -0.1) is 0 Å². The minimum Gasteiger partial charge on any atom is -0.480 e. The first-order chi connectivity index (χ1) is 7.06. The van der Waals surface area contributed by atoms with Crippen LogP contribution in [-0.2, 0) is 4.79 Å². The number of rotatable bonds is 4. The van der Waals surface area contributed by atoms with E-state index in [9.17, 15) is 9.59 Å². The van der Waals surface area contributed by atoms with E-state index >= 15 is 0 Å². The van der Waals surface area contributed by atoms with Crippen LogP contribution < -0.4 is 11.1 Å². The molecule has 7 heteroatoms. The number of carboxylic acids is 1. The monoisotopic (exact) mass is 212 g/mol. The average Bonchev–Trinajstić information content (AvgIpc) is 2.60. The molecular formula is C8H12N4O3. The number of nitrogens with two attached hydrogens (primary N) is 1. The number of amides is 1. The van der Waals surface area contributed by atoms with E-state index in [-0.39, 0.29) is 11.4 Å². The first-order valence-corrected chi connectivity index (χ1v) is 4.38. The Kier molecular flexibility index (Phi) is 3.27. The molecule has 0 saturated carbocycles. The summed E-state index contributed by atoms with van der Waals surface area (Å²) in [6.07, 6.45) is 1.55. The van der Waals surface area contributed by atoms with Crippen LogP contribution in [0.1, 0.15) is 23.7 Å². The number of nitrogens with zero attached hydrogens (tertiary/aromatic N) is 1. The van der Waals surface area contributed by atoms with E-state index in [0.717, 1.165) is 0 Å². The second kappa shape index (κ2) is 4.45. The molecule has 1 atom stereocenters. The summed E-state index contributed by atoms with van der Waals surface area (Å²) in [5, 5.41) is 17.0. The molecular weight excluding hydrogens is 200 g/mol. The molecule has 0 fully saturated rings. The summed E-state index contributed by atoms with van der Waals surface area (Å²) in [5.41, 5.74) is 5.56. The van der Waals surface area contributed by atoms with Gasteiger partial charge in [0.1, 0.15) is 17.4 Å². The summed E-state index contributed by atoms with van der Waals surface area (Å²) in [6, 6.07) is -0.910. The molecule has 0 saturated heterocycles. The number of aromatic amines is 1. The van der Waals surface area contributed by atoms with Crippen LogP contribution in [0, 0.1) is 0 Å². The largest absolute Gasteiger partial charge is 0.480 e. The molecule has 7 nitrogen and oxygen atoms in total. The number of carbonyl (C=O) groups excluding carboxylic acids is 1. The Balaban J connectivity index is 2.71. The Bertz CT molecular complexity index is 374. The quantitative estimate of drug-likeness (QED) is 0.540. The van der Waals surface area contributed by atoms with Crippen LogP contribution in [0.3, 0.4) is 0 Å². The fourth-order valence-corrected chi connectivity index (χ4v) is 1.05. The predicted octanol–water partition coefficient (Wildman–Crippen LogP) is -0.415. The van der Waals surface area contributed by atoms with E-state index < -0.39 is 17.9 Å². The lowest BCUT2D eigenvalue weighted by Gasteiger charge is -2.11. The fraction of sp³-hybridized carbons (Fsp3) is 0.375. The van der Waals surface area contributed by atoms with E-state index in [0.29, 0.717) is 6.42 Å². The average molecular weight is 212 g/mol. The van der Waals surface area contributed by atoms with E-state index in [1.807, 2.05) is 0 Å². The third kappa shape index (κ3) is 2.46. The molecule has 1 aromatic rings. The maximum Gasteiger partial charge on any atom is 0.326 e. The maximum atomic E-state index is 11.5. The molecule has 15 heavy (non-hydrogen) atoms. The molecule has 0 aliphatic carbocycles. The zero-order chi connectivity index (χ0) is 11.4. The minimum absolute atomic E-state index is 0.118. The van der Waals surface area contributed by atoms with Crippen molar-refractivity contribution in [2.75, 3.05) is 5.73 Å². The summed E-state index contributed by atoms with van der Waals surface area (Å²) in [4.78, 5) is 22.1. The van der Waals surface area contributed by atoms with E-state index in [1.165, 1.54) is 6.20 Å². The second-order valence-electron chi connectivity index (χ2n) is 2.97. The van der Waals surface area contributed by atoms with Crippen LogP contribution in [0.15, 0.2) is 6.20 Å². The molecule has 1 heterocycles. The predicted molar refractivity (Wildman–Crippen MR) is 52.2 cm³/mol. The number of hydrogen-bond acceptors (Lipinski definition) is 4. The molecule has 0 radical (unpaired) electrons. The molecule has 0 aliphatic heterocycles. The maximum absolute atomic E-state index is 11.5. The summed E-state index contributed by atoms with van der Waals surface area (Å²) in [7, 11) is 0. The van der Waals surface area contributed by atoms with Crippen molar-refractivity contribution in [1.82, 2.24) is 15.5 Å². The van der Waals surface area contributed by atoms with Gasteiger partial charge < -0.3 is 16.2 Å². The van der Waals surface area contributed by atoms with Gasteiger partial charge in [-0.3, -0.25) is 9.89 Å². The number of nitrogen functional groups attached to an aromatic ring is 1. The highest BCUT2D eigenvalue weighted by Gasteiger charge is 2.20. The molecule has 5 N–H and O–H groups in total. The molecule has 82 valence electrons. The molecule has 1 aromatic heterocycles. The van der Waals surface area contributed by atoms with Crippen molar-refractivity contribution >= 4 is 17.7 Å². The van der Waals surface area contributed by atoms with Crippen molar-refractivity contribution in [3.05, 3.63) is 11.8 Å². The zero-order valence-corrected chi connectivity index (χ0v) is 8.15. The Morgan fingerprint density at radius 3 is 2.80 bits per heavy atom. The topological polar surface area (TPSA) is 121 Å². The van der Waals surface area contributed by atoms with Crippen LogP contribution in [0.25, 0.3) is 0 Å². The Morgan fingerprint density at radius 2 is 2.40 bits per heavy atom. The van der Waals surface area contributed by atoms with Gasteiger partial charge in [-0.25, -0.2) is 4.79 Å². The molecule has 0 spiro atoms. The van der Waals surface area contributed by atoms with Crippen molar-refractivity contribution in [3.8, 4) is 0 Å². The smallest absolute Gasteiger partial charge is 0.326 e. The number of H-pyrrole nitrogens is 1. The standard InChI is InChI=1S/C8H12N4O3/c1-2-5(8(14)15)11-7(13)4-3-10-12-6(4)9/h3,5H,2H2,1H3,(H,11,13)(H,14,15)(H3,9,10,12). The second-order valence-corrected chi connectivity index (χ2v) is 2.97. The van der Waals surface area contributed by atoms with E-state index in [4.69, 9.17) is 10.8 Å². The lowest BCUT2D eigenvalue weighted by molar-refractivity contribution is -0.139. The van der Waals surface area contributed by atoms with Crippen molar-refractivity contribution in [1.29, 1.82) is 0 Å². The summed E-state index contributed by atoms with van der Waals surface area (Å²) in [6.45, 7) is 1.66. The number of carbonyl (C=O) groups is 2. The number of anilines is 1. The van der Waals surface area contributed by atoms with Crippen LogP contribution >= 0.6 is 0 Å². The van der Waals surface area contributed by atoms with Gasteiger partial charge in [0, 0.05) is 0 Å². The lowest BCUT2D eigenvalue weighted by Crippen LogP contribution is -2.40. The van der Waals surface area contributed by atoms with Crippen molar-refractivity contribution in [3.63, 3.8) is 0 Å². The van der Waals surface area contributed by atoms with Crippen molar-refractivity contribution < 1.29 is 14.7 Å². The first-order valence-electron chi connectivity index (χ1n) is 4.38. The van der Waals surface area contributed by atoms with Gasteiger partial charge in [0.05, 0.1) is 6.20 Å². The van der Waals surface area contributed by atoms with Crippen LogP contribution in [0.4, 0.5) is 5.82 Å². The zero-order valence-electron chi connectivity index (χ0n) is 8.15. The normalized spacial score (nSPS) is 12.1. The lowest BCUT2D eigenvalue weighted by atomic mass is 10.2. The SMILES string of the molecule is CCC(NC(=O)c1cn[nH]c1N)C(=O)O. The molecule has 0 bridgehead atoms. The van der Waals surface area contributed by atoms with Gasteiger partial charge in [-0.05, 0) is 6.42 Å². The van der Waals surface area contributed by atoms with Gasteiger partial charge in [0.25, 0.3) is 5.91 Å². The molecule has 0 aliphatic rings. The number of aliphatic carboxylic acids is 1. The number of nitrogens with one attached hydrogen (secondary N) is 2. The Morgan fingerprint density at radius 1 is 1.73 bits per heavy atom. The fourth-order valence-electron chi connectivity index (χ4n) is 1.05. The first kappa shape index (κ1) is 11.0. The van der Waals surface area contributed by atoms with Gasteiger partial charge in [-0.2, -0.15) is 5.10 Å².